The van der Waals surface area contributed by atoms with Crippen molar-refractivity contribution in [1.82, 2.24) is 0 Å². The molecule has 4 rings (SSSR count). The second-order valence-corrected chi connectivity index (χ2v) is 8.55. The maximum absolute atomic E-state index is 12.5. The van der Waals surface area contributed by atoms with E-state index in [1.165, 1.54) is 11.1 Å². The Morgan fingerprint density at radius 1 is 1.09 bits per heavy atom. The van der Waals surface area contributed by atoms with Crippen LogP contribution in [0, 0.1) is 28.6 Å². The predicted octanol–water partition coefficient (Wildman–Crippen LogP) is 4.25. The Morgan fingerprint density at radius 3 is 2.64 bits per heavy atom. The van der Waals surface area contributed by atoms with Crippen molar-refractivity contribution in [2.24, 2.45) is 28.6 Å². The van der Waals surface area contributed by atoms with Crippen molar-refractivity contribution in [3.63, 3.8) is 0 Å². The minimum Gasteiger partial charge on any atom is -0.299 e. The third kappa shape index (κ3) is 1.67. The molecule has 0 unspecified atom stereocenters. The van der Waals surface area contributed by atoms with Gasteiger partial charge >= 0.3 is 0 Å². The van der Waals surface area contributed by atoms with E-state index in [2.05, 4.69) is 20.4 Å². The molecule has 2 nitrogen and oxygen atoms in total. The summed E-state index contributed by atoms with van der Waals surface area (Å²) in [6, 6.07) is 0. The van der Waals surface area contributed by atoms with E-state index in [1.54, 1.807) is 0 Å². The topological polar surface area (TPSA) is 34.1 Å². The van der Waals surface area contributed by atoms with E-state index >= 15 is 0 Å². The summed E-state index contributed by atoms with van der Waals surface area (Å²) in [4.78, 5) is 24.3. The van der Waals surface area contributed by atoms with Gasteiger partial charge < -0.3 is 0 Å². The number of fused-ring (bicyclic) bond motifs is 5. The first-order valence-electron chi connectivity index (χ1n) is 8.81. The minimum absolute atomic E-state index is 0.152. The molecule has 0 spiro atoms. The molecule has 0 amide bonds. The molecule has 4 aliphatic rings. The Labute approximate surface area is 133 Å². The van der Waals surface area contributed by atoms with E-state index in [0.717, 1.165) is 32.1 Å². The van der Waals surface area contributed by atoms with Crippen LogP contribution in [0.2, 0.25) is 0 Å². The average Bonchev–Trinajstić information content (AvgIpc) is 2.70. The second kappa shape index (κ2) is 4.43. The molecule has 3 saturated carbocycles. The number of allylic oxidation sites excluding steroid dienone is 2. The highest BCUT2D eigenvalue weighted by molar-refractivity contribution is 5.92. The van der Waals surface area contributed by atoms with Gasteiger partial charge in [-0.25, -0.2) is 0 Å². The molecule has 5 atom stereocenters. The molecular weight excluding hydrogens is 272 g/mol. The molecule has 22 heavy (non-hydrogen) atoms. The van der Waals surface area contributed by atoms with E-state index < -0.39 is 0 Å². The molecule has 0 radical (unpaired) electrons. The smallest absolute Gasteiger partial charge is 0.155 e. The van der Waals surface area contributed by atoms with E-state index in [0.29, 0.717) is 42.2 Å². The lowest BCUT2D eigenvalue weighted by atomic mass is 9.47. The van der Waals surface area contributed by atoms with Crippen LogP contribution < -0.4 is 0 Å². The van der Waals surface area contributed by atoms with Crippen molar-refractivity contribution in [2.75, 3.05) is 0 Å². The van der Waals surface area contributed by atoms with Crippen LogP contribution in [-0.2, 0) is 9.59 Å². The maximum Gasteiger partial charge on any atom is 0.155 e. The molecule has 4 aliphatic carbocycles. The fourth-order valence-electron chi connectivity index (χ4n) is 6.35. The molecule has 0 N–H and O–H groups in total. The van der Waals surface area contributed by atoms with Gasteiger partial charge in [-0.1, -0.05) is 31.6 Å². The lowest BCUT2D eigenvalue weighted by Gasteiger charge is -2.56. The van der Waals surface area contributed by atoms with E-state index in [4.69, 9.17) is 0 Å². The molecule has 0 aromatic heterocycles. The molecule has 0 heterocycles. The van der Waals surface area contributed by atoms with Gasteiger partial charge in [0.2, 0.25) is 0 Å². The van der Waals surface area contributed by atoms with Gasteiger partial charge in [0.15, 0.2) is 5.78 Å². The first-order valence-corrected chi connectivity index (χ1v) is 8.81. The normalized spacial score (nSPS) is 47.6. The summed E-state index contributed by atoms with van der Waals surface area (Å²) in [5.74, 6) is 2.34. The highest BCUT2D eigenvalue weighted by Gasteiger charge is 2.60. The molecule has 3 fully saturated rings. The first kappa shape index (κ1) is 14.4. The average molecular weight is 298 g/mol. The van der Waals surface area contributed by atoms with Crippen LogP contribution in [0.25, 0.3) is 0 Å². The second-order valence-electron chi connectivity index (χ2n) is 8.55. The van der Waals surface area contributed by atoms with Gasteiger partial charge in [0.05, 0.1) is 0 Å². The molecule has 118 valence electrons. The summed E-state index contributed by atoms with van der Waals surface area (Å²) in [6.45, 7) is 8.84. The van der Waals surface area contributed by atoms with E-state index in [9.17, 15) is 9.59 Å². The van der Waals surface area contributed by atoms with Gasteiger partial charge in [0.25, 0.3) is 0 Å². The van der Waals surface area contributed by atoms with E-state index in [-0.39, 0.29) is 10.8 Å². The number of ketones is 2. The van der Waals surface area contributed by atoms with Crippen LogP contribution in [0.4, 0.5) is 0 Å². The molecule has 0 aromatic carbocycles. The zero-order valence-electron chi connectivity index (χ0n) is 13.8. The van der Waals surface area contributed by atoms with Crippen LogP contribution in [0.15, 0.2) is 23.8 Å². The van der Waals surface area contributed by atoms with Gasteiger partial charge in [0.1, 0.15) is 5.78 Å². The van der Waals surface area contributed by atoms with Crippen LogP contribution in [0.1, 0.15) is 58.8 Å². The van der Waals surface area contributed by atoms with Gasteiger partial charge in [0, 0.05) is 18.3 Å². The maximum atomic E-state index is 12.5. The number of hydrogen-bond donors (Lipinski definition) is 0. The first-order chi connectivity index (χ1) is 10.4. The molecule has 0 saturated heterocycles. The largest absolute Gasteiger partial charge is 0.299 e. The summed E-state index contributed by atoms with van der Waals surface area (Å²) < 4.78 is 0. The van der Waals surface area contributed by atoms with Crippen molar-refractivity contribution >= 4 is 11.6 Å². The van der Waals surface area contributed by atoms with Gasteiger partial charge in [-0.2, -0.15) is 0 Å². The predicted molar refractivity (Wildman–Crippen MR) is 86.2 cm³/mol. The Hall–Kier alpha value is -1.18. The lowest BCUT2D eigenvalue weighted by molar-refractivity contribution is -0.132. The third-order valence-corrected chi connectivity index (χ3v) is 7.60. The van der Waals surface area contributed by atoms with E-state index in [1.807, 2.05) is 6.08 Å². The van der Waals surface area contributed by atoms with Crippen LogP contribution in [-0.4, -0.2) is 11.6 Å². The highest BCUT2D eigenvalue weighted by atomic mass is 16.1. The zero-order chi connectivity index (χ0) is 15.7. The van der Waals surface area contributed by atoms with Crippen LogP contribution in [0.5, 0.6) is 0 Å². The quantitative estimate of drug-likeness (QED) is 0.626. The Bertz CT molecular complexity index is 613. The molecular formula is C20H26O2. The Balaban J connectivity index is 1.74. The molecule has 0 bridgehead atoms. The lowest BCUT2D eigenvalue weighted by Crippen LogP contribution is -2.50. The zero-order valence-corrected chi connectivity index (χ0v) is 13.8. The SMILES string of the molecule is C=C1CC(=O)[C@@]2(C)CC[C@H]3[C@@H](CCC4=CC(=O)CC[C@@]43C)[C@H]12. The molecule has 2 heteroatoms. The van der Waals surface area contributed by atoms with Crippen molar-refractivity contribution in [3.8, 4) is 0 Å². The molecule has 0 aliphatic heterocycles. The number of carbonyl (C=O) groups is 2. The summed E-state index contributed by atoms with van der Waals surface area (Å²) in [5, 5.41) is 0. The van der Waals surface area contributed by atoms with Gasteiger partial charge in [-0.3, -0.25) is 9.59 Å². The van der Waals surface area contributed by atoms with Gasteiger partial charge in [-0.05, 0) is 61.3 Å². The Morgan fingerprint density at radius 2 is 1.86 bits per heavy atom. The number of Topliss-reactive ketones (excluding diaryl/α,β-unsaturated/α-hetero) is 1. The number of hydrogen-bond acceptors (Lipinski definition) is 2. The third-order valence-electron chi connectivity index (χ3n) is 7.60. The number of rotatable bonds is 0. The van der Waals surface area contributed by atoms with Crippen LogP contribution in [0.3, 0.4) is 0 Å². The van der Waals surface area contributed by atoms with Gasteiger partial charge in [-0.15, -0.1) is 0 Å². The number of carbonyl (C=O) groups excluding carboxylic acids is 2. The molecule has 0 aromatic rings. The standard InChI is InChI=1S/C20H26O2/c1-12-10-17(22)20(3)9-7-16-15(18(12)20)5-4-13-11-14(21)6-8-19(13,16)2/h11,15-16,18H,1,4-10H2,2-3H3/t15-,16+,18+,19+,20-/m1/s1. The summed E-state index contributed by atoms with van der Waals surface area (Å²) >= 11 is 0. The fourth-order valence-corrected chi connectivity index (χ4v) is 6.35. The summed E-state index contributed by atoms with van der Waals surface area (Å²) in [5.41, 5.74) is 2.61. The van der Waals surface area contributed by atoms with Crippen molar-refractivity contribution in [1.29, 1.82) is 0 Å². The Kier molecular flexibility index (Phi) is 2.90. The summed E-state index contributed by atoms with van der Waals surface area (Å²) in [7, 11) is 0. The van der Waals surface area contributed by atoms with Crippen molar-refractivity contribution in [3.05, 3.63) is 23.8 Å². The monoisotopic (exact) mass is 298 g/mol. The summed E-state index contributed by atoms with van der Waals surface area (Å²) in [6.07, 6.45) is 8.56. The van der Waals surface area contributed by atoms with Crippen LogP contribution >= 0.6 is 0 Å². The van der Waals surface area contributed by atoms with Crippen molar-refractivity contribution < 1.29 is 9.59 Å². The fraction of sp³-hybridized carbons (Fsp3) is 0.700. The highest BCUT2D eigenvalue weighted by Crippen LogP contribution is 2.65. The minimum atomic E-state index is -0.152. The van der Waals surface area contributed by atoms with Crippen molar-refractivity contribution in [2.45, 2.75) is 58.8 Å².